The summed E-state index contributed by atoms with van der Waals surface area (Å²) >= 11 is 0. The Labute approximate surface area is 145 Å². The molecule has 0 bridgehead atoms. The van der Waals surface area contributed by atoms with E-state index < -0.39 is 0 Å². The molecule has 0 unspecified atom stereocenters. The number of likely N-dealkylation sites (tertiary alicyclic amines) is 1. The molecule has 24 heavy (non-hydrogen) atoms. The molecule has 0 radical (unpaired) electrons. The highest BCUT2D eigenvalue weighted by Gasteiger charge is 2.21. The molecule has 1 N–H and O–H groups in total. The van der Waals surface area contributed by atoms with Gasteiger partial charge in [-0.05, 0) is 44.4 Å². The molecule has 1 saturated heterocycles. The molecule has 1 heterocycles. The quantitative estimate of drug-likeness (QED) is 0.794. The first kappa shape index (κ1) is 18.6. The molecule has 2 rings (SSSR count). The van der Waals surface area contributed by atoms with Gasteiger partial charge in [-0.2, -0.15) is 0 Å². The Morgan fingerprint density at radius 1 is 1.38 bits per heavy atom. The Bertz CT molecular complexity index is 521. The topological polar surface area (TPSA) is 50.8 Å². The van der Waals surface area contributed by atoms with Gasteiger partial charge in [-0.3, -0.25) is 9.69 Å². The summed E-state index contributed by atoms with van der Waals surface area (Å²) in [6.45, 7) is 7.80. The Morgan fingerprint density at radius 2 is 2.12 bits per heavy atom. The molecule has 1 fully saturated rings. The van der Waals surface area contributed by atoms with Gasteiger partial charge in [0.05, 0.1) is 20.1 Å². The number of carbonyl (C=O) groups is 1. The van der Waals surface area contributed by atoms with Gasteiger partial charge < -0.3 is 14.8 Å². The second kappa shape index (κ2) is 9.52. The third kappa shape index (κ3) is 5.71. The highest BCUT2D eigenvalue weighted by molar-refractivity contribution is 5.76. The number of ether oxygens (including phenoxy) is 2. The maximum absolute atomic E-state index is 12.0. The van der Waals surface area contributed by atoms with E-state index in [9.17, 15) is 4.79 Å². The van der Waals surface area contributed by atoms with E-state index in [-0.39, 0.29) is 5.91 Å². The largest absolute Gasteiger partial charge is 0.493 e. The van der Waals surface area contributed by atoms with Crippen LogP contribution in [-0.4, -0.2) is 50.2 Å². The van der Waals surface area contributed by atoms with Crippen LogP contribution < -0.4 is 14.8 Å². The van der Waals surface area contributed by atoms with E-state index in [2.05, 4.69) is 24.1 Å². The Morgan fingerprint density at radius 3 is 2.83 bits per heavy atom. The van der Waals surface area contributed by atoms with Crippen molar-refractivity contribution in [1.82, 2.24) is 10.2 Å². The number of nitrogens with one attached hydrogen (secondary N) is 1. The monoisotopic (exact) mass is 334 g/mol. The van der Waals surface area contributed by atoms with Crippen molar-refractivity contribution in [3.63, 3.8) is 0 Å². The number of rotatable bonds is 8. The molecule has 0 saturated carbocycles. The van der Waals surface area contributed by atoms with E-state index in [1.807, 2.05) is 24.3 Å². The first-order valence-corrected chi connectivity index (χ1v) is 8.86. The molecule has 1 aliphatic rings. The van der Waals surface area contributed by atoms with Crippen LogP contribution in [0.3, 0.4) is 0 Å². The minimum Gasteiger partial charge on any atom is -0.493 e. The summed E-state index contributed by atoms with van der Waals surface area (Å²) in [5, 5.41) is 3.02. The lowest BCUT2D eigenvalue weighted by atomic mass is 9.99. The van der Waals surface area contributed by atoms with Gasteiger partial charge in [-0.15, -0.1) is 0 Å². The summed E-state index contributed by atoms with van der Waals surface area (Å²) in [5.74, 6) is 2.14. The number of benzene rings is 1. The van der Waals surface area contributed by atoms with Gasteiger partial charge in [-0.1, -0.05) is 19.1 Å². The lowest BCUT2D eigenvalue weighted by Crippen LogP contribution is -2.46. The van der Waals surface area contributed by atoms with E-state index in [0.29, 0.717) is 37.1 Å². The van der Waals surface area contributed by atoms with Crippen LogP contribution in [0.4, 0.5) is 0 Å². The van der Waals surface area contributed by atoms with Crippen molar-refractivity contribution >= 4 is 5.91 Å². The maximum Gasteiger partial charge on any atom is 0.223 e. The van der Waals surface area contributed by atoms with Crippen LogP contribution in [0.5, 0.6) is 11.5 Å². The van der Waals surface area contributed by atoms with E-state index >= 15 is 0 Å². The van der Waals surface area contributed by atoms with Crippen LogP contribution in [0.2, 0.25) is 0 Å². The van der Waals surface area contributed by atoms with E-state index in [1.54, 1.807) is 7.11 Å². The Balaban J connectivity index is 1.66. The minimum absolute atomic E-state index is 0.0294. The van der Waals surface area contributed by atoms with Crippen molar-refractivity contribution in [2.45, 2.75) is 39.2 Å². The molecule has 2 atom stereocenters. The molecule has 0 aliphatic carbocycles. The minimum atomic E-state index is 0.0294. The van der Waals surface area contributed by atoms with Crippen LogP contribution in [-0.2, 0) is 4.79 Å². The average Bonchev–Trinajstić information content (AvgIpc) is 2.60. The smallest absolute Gasteiger partial charge is 0.223 e. The molecule has 5 nitrogen and oxygen atoms in total. The molecule has 134 valence electrons. The number of piperidine rings is 1. The SMILES string of the molecule is COc1ccccc1OCCC(=O)NC[C@H](C)N1CCC[C@H](C)C1. The first-order valence-electron chi connectivity index (χ1n) is 8.86. The fourth-order valence-corrected chi connectivity index (χ4v) is 3.10. The van der Waals surface area contributed by atoms with E-state index in [1.165, 1.54) is 12.8 Å². The standard InChI is InChI=1S/C19H30N2O3/c1-15-7-6-11-21(14-15)16(2)13-20-19(22)10-12-24-18-9-5-4-8-17(18)23-3/h4-5,8-9,15-16H,6-7,10-14H2,1-3H3,(H,20,22)/t15-,16-/m0/s1. The van der Waals surface area contributed by atoms with Gasteiger partial charge in [0, 0.05) is 19.1 Å². The molecule has 1 amide bonds. The van der Waals surface area contributed by atoms with Crippen molar-refractivity contribution in [3.8, 4) is 11.5 Å². The predicted octanol–water partition coefficient (Wildman–Crippen LogP) is 2.70. The summed E-state index contributed by atoms with van der Waals surface area (Å²) in [5.41, 5.74) is 0. The fraction of sp³-hybridized carbons (Fsp3) is 0.632. The molecule has 1 aromatic carbocycles. The van der Waals surface area contributed by atoms with Gasteiger partial charge in [0.1, 0.15) is 0 Å². The highest BCUT2D eigenvalue weighted by Crippen LogP contribution is 2.25. The summed E-state index contributed by atoms with van der Waals surface area (Å²) in [6, 6.07) is 7.85. The van der Waals surface area contributed by atoms with Gasteiger partial charge >= 0.3 is 0 Å². The lowest BCUT2D eigenvalue weighted by molar-refractivity contribution is -0.121. The van der Waals surface area contributed by atoms with Crippen LogP contribution in [0.15, 0.2) is 24.3 Å². The zero-order valence-electron chi connectivity index (χ0n) is 15.1. The zero-order chi connectivity index (χ0) is 17.4. The number of hydrogen-bond acceptors (Lipinski definition) is 4. The molecule has 5 heteroatoms. The zero-order valence-corrected chi connectivity index (χ0v) is 15.1. The summed E-state index contributed by atoms with van der Waals surface area (Å²) in [6.07, 6.45) is 2.92. The van der Waals surface area contributed by atoms with Crippen LogP contribution in [0.25, 0.3) is 0 Å². The second-order valence-corrected chi connectivity index (χ2v) is 6.64. The van der Waals surface area contributed by atoms with Gasteiger partial charge in [0.25, 0.3) is 0 Å². The normalized spacial score (nSPS) is 19.5. The van der Waals surface area contributed by atoms with Crippen molar-refractivity contribution < 1.29 is 14.3 Å². The van der Waals surface area contributed by atoms with Crippen molar-refractivity contribution in [2.24, 2.45) is 5.92 Å². The number of hydrogen-bond donors (Lipinski definition) is 1. The number of nitrogens with zero attached hydrogens (tertiary/aromatic N) is 1. The lowest BCUT2D eigenvalue weighted by Gasteiger charge is -2.35. The van der Waals surface area contributed by atoms with Crippen molar-refractivity contribution in [2.75, 3.05) is 33.4 Å². The van der Waals surface area contributed by atoms with Crippen molar-refractivity contribution in [3.05, 3.63) is 24.3 Å². The summed E-state index contributed by atoms with van der Waals surface area (Å²) in [7, 11) is 1.61. The number of methoxy groups -OCH3 is 1. The fourth-order valence-electron chi connectivity index (χ4n) is 3.10. The summed E-state index contributed by atoms with van der Waals surface area (Å²) < 4.78 is 10.9. The molecular formula is C19H30N2O3. The van der Waals surface area contributed by atoms with Crippen LogP contribution in [0.1, 0.15) is 33.1 Å². The number of para-hydroxylation sites is 2. The maximum atomic E-state index is 12.0. The highest BCUT2D eigenvalue weighted by atomic mass is 16.5. The number of amides is 1. The third-order valence-electron chi connectivity index (χ3n) is 4.56. The molecule has 0 spiro atoms. The van der Waals surface area contributed by atoms with Gasteiger partial charge in [0.15, 0.2) is 11.5 Å². The molecule has 0 aromatic heterocycles. The summed E-state index contributed by atoms with van der Waals surface area (Å²) in [4.78, 5) is 14.5. The molecule has 1 aliphatic heterocycles. The van der Waals surface area contributed by atoms with Crippen molar-refractivity contribution in [1.29, 1.82) is 0 Å². The first-order chi connectivity index (χ1) is 11.6. The number of carbonyl (C=O) groups excluding carboxylic acids is 1. The van der Waals surface area contributed by atoms with Gasteiger partial charge in [-0.25, -0.2) is 0 Å². The molecular weight excluding hydrogens is 304 g/mol. The Kier molecular flexibility index (Phi) is 7.37. The van der Waals surface area contributed by atoms with Crippen LogP contribution >= 0.6 is 0 Å². The third-order valence-corrected chi connectivity index (χ3v) is 4.56. The van der Waals surface area contributed by atoms with E-state index in [4.69, 9.17) is 9.47 Å². The second-order valence-electron chi connectivity index (χ2n) is 6.64. The average molecular weight is 334 g/mol. The predicted molar refractivity (Wildman–Crippen MR) is 95.5 cm³/mol. The van der Waals surface area contributed by atoms with E-state index in [0.717, 1.165) is 19.0 Å². The van der Waals surface area contributed by atoms with Gasteiger partial charge in [0.2, 0.25) is 5.91 Å². The Hall–Kier alpha value is -1.75. The van der Waals surface area contributed by atoms with Crippen LogP contribution in [0, 0.1) is 5.92 Å². The molecule has 1 aromatic rings.